The number of hydrogen-bond donors (Lipinski definition) is 2. The fourth-order valence-electron chi connectivity index (χ4n) is 3.72. The minimum absolute atomic E-state index is 0.0166. The molecule has 1 fully saturated rings. The fraction of sp³-hybridized carbons (Fsp3) is 0.400. The molecular formula is C20H24N5O3+. The zero-order chi connectivity index (χ0) is 19.8. The Hall–Kier alpha value is -3.00. The molecule has 1 saturated heterocycles. The van der Waals surface area contributed by atoms with Gasteiger partial charge in [-0.25, -0.2) is 4.57 Å². The van der Waals surface area contributed by atoms with E-state index in [1.165, 1.54) is 4.40 Å². The second-order valence-corrected chi connectivity index (χ2v) is 7.09. The van der Waals surface area contributed by atoms with Crippen molar-refractivity contribution in [2.24, 2.45) is 0 Å². The molecule has 28 heavy (non-hydrogen) atoms. The number of rotatable bonds is 4. The first-order valence-corrected chi connectivity index (χ1v) is 9.55. The highest BCUT2D eigenvalue weighted by molar-refractivity contribution is 6.00. The molecule has 8 heteroatoms. The molecule has 8 nitrogen and oxygen atoms in total. The Labute approximate surface area is 161 Å². The lowest BCUT2D eigenvalue weighted by atomic mass is 10.1. The Kier molecular flexibility index (Phi) is 4.72. The third-order valence-corrected chi connectivity index (χ3v) is 5.17. The number of pyridine rings is 2. The average molecular weight is 382 g/mol. The van der Waals surface area contributed by atoms with Crippen LogP contribution in [0.3, 0.4) is 0 Å². The molecule has 1 atom stereocenters. The van der Waals surface area contributed by atoms with E-state index < -0.39 is 0 Å². The van der Waals surface area contributed by atoms with E-state index in [-0.39, 0.29) is 23.1 Å². The molecule has 1 aliphatic rings. The fourth-order valence-corrected chi connectivity index (χ4v) is 3.72. The van der Waals surface area contributed by atoms with Gasteiger partial charge in [-0.05, 0) is 38.8 Å². The maximum absolute atomic E-state index is 13.2. The lowest BCUT2D eigenvalue weighted by Gasteiger charge is -2.15. The summed E-state index contributed by atoms with van der Waals surface area (Å²) in [7, 11) is 0. The molecule has 0 bridgehead atoms. The maximum atomic E-state index is 13.2. The summed E-state index contributed by atoms with van der Waals surface area (Å²) in [5, 5.41) is 3.12. The average Bonchev–Trinajstić information content (AvgIpc) is 3.18. The Morgan fingerprint density at radius 2 is 2.32 bits per heavy atom. The van der Waals surface area contributed by atoms with E-state index in [1.54, 1.807) is 22.9 Å². The standard InChI is InChI=1S/C20H23N5O3/c1-3-22-19(26)14-10-15-18(25(16(14)21)11-13-7-5-9-28-13)23-17-12(2)6-4-8-24(17)20(15)27/h4,6,8,10,13,21H,3,5,7,9,11H2,1-2H3,(H,22,26)/p+1/t13-/m1/s1. The van der Waals surface area contributed by atoms with Crippen molar-refractivity contribution in [3.05, 3.63) is 45.9 Å². The molecule has 4 heterocycles. The summed E-state index contributed by atoms with van der Waals surface area (Å²) < 4.78 is 9.02. The van der Waals surface area contributed by atoms with Gasteiger partial charge in [0.25, 0.3) is 17.1 Å². The van der Waals surface area contributed by atoms with Gasteiger partial charge in [0.2, 0.25) is 11.5 Å². The van der Waals surface area contributed by atoms with Gasteiger partial charge in [-0.1, -0.05) is 11.1 Å². The van der Waals surface area contributed by atoms with E-state index >= 15 is 0 Å². The van der Waals surface area contributed by atoms with E-state index in [1.807, 2.05) is 19.9 Å². The molecular weight excluding hydrogens is 358 g/mol. The Balaban J connectivity index is 2.04. The molecule has 0 saturated carbocycles. The first-order chi connectivity index (χ1) is 13.5. The summed E-state index contributed by atoms with van der Waals surface area (Å²) in [5.74, 6) is -0.0180. The lowest BCUT2D eigenvalue weighted by Crippen LogP contribution is -2.46. The molecule has 0 aliphatic carbocycles. The molecule has 1 aliphatic heterocycles. The van der Waals surface area contributed by atoms with Crippen molar-refractivity contribution in [3.63, 3.8) is 0 Å². The number of ether oxygens (including phenoxy) is 1. The number of carbonyl (C=O) groups is 1. The first-order valence-electron chi connectivity index (χ1n) is 9.55. The second kappa shape index (κ2) is 7.20. The third kappa shape index (κ3) is 2.99. The number of nitrogens with zero attached hydrogens (tertiary/aromatic N) is 3. The monoisotopic (exact) mass is 382 g/mol. The number of nitrogens with two attached hydrogens (primary N) is 1. The van der Waals surface area contributed by atoms with Crippen LogP contribution in [-0.2, 0) is 11.3 Å². The number of nitrogens with one attached hydrogen (secondary N) is 1. The molecule has 146 valence electrons. The van der Waals surface area contributed by atoms with Crippen molar-refractivity contribution in [1.29, 1.82) is 0 Å². The zero-order valence-electron chi connectivity index (χ0n) is 16.1. The van der Waals surface area contributed by atoms with Gasteiger partial charge in [0.05, 0.1) is 12.6 Å². The van der Waals surface area contributed by atoms with Crippen LogP contribution in [0.25, 0.3) is 16.7 Å². The number of hydrogen-bond acceptors (Lipinski definition) is 5. The SMILES string of the molecule is CCNC(=O)c1cc2c(=O)n3cccc(C)c3nc2[n+](C[C@H]2CCCO2)c1N. The summed E-state index contributed by atoms with van der Waals surface area (Å²) >= 11 is 0. The molecule has 4 rings (SSSR count). The highest BCUT2D eigenvalue weighted by Gasteiger charge is 2.27. The highest BCUT2D eigenvalue weighted by atomic mass is 16.5. The zero-order valence-corrected chi connectivity index (χ0v) is 16.1. The van der Waals surface area contributed by atoms with Crippen molar-refractivity contribution in [1.82, 2.24) is 14.7 Å². The van der Waals surface area contributed by atoms with Crippen molar-refractivity contribution in [2.45, 2.75) is 39.3 Å². The van der Waals surface area contributed by atoms with Crippen LogP contribution in [0.1, 0.15) is 35.7 Å². The van der Waals surface area contributed by atoms with Crippen LogP contribution >= 0.6 is 0 Å². The minimum atomic E-state index is -0.309. The summed E-state index contributed by atoms with van der Waals surface area (Å²) in [6.07, 6.45) is 3.56. The Bertz CT molecular complexity index is 1130. The summed E-state index contributed by atoms with van der Waals surface area (Å²) in [6.45, 7) is 5.37. The van der Waals surface area contributed by atoms with Crippen molar-refractivity contribution in [2.75, 3.05) is 18.9 Å². The van der Waals surface area contributed by atoms with Crippen molar-refractivity contribution in [3.8, 4) is 0 Å². The summed E-state index contributed by atoms with van der Waals surface area (Å²) in [5.41, 5.74) is 8.37. The number of aromatic nitrogens is 3. The first kappa shape index (κ1) is 18.4. The van der Waals surface area contributed by atoms with Crippen LogP contribution in [0.5, 0.6) is 0 Å². The molecule has 3 N–H and O–H groups in total. The predicted octanol–water partition coefficient (Wildman–Crippen LogP) is 0.955. The molecule has 0 unspecified atom stereocenters. The summed E-state index contributed by atoms with van der Waals surface area (Å²) in [4.78, 5) is 30.5. The third-order valence-electron chi connectivity index (χ3n) is 5.17. The van der Waals surface area contributed by atoms with E-state index in [2.05, 4.69) is 5.32 Å². The van der Waals surface area contributed by atoms with E-state index in [0.717, 1.165) is 18.4 Å². The normalized spacial score (nSPS) is 16.7. The topological polar surface area (TPSA) is 103 Å². The lowest BCUT2D eigenvalue weighted by molar-refractivity contribution is -0.666. The van der Waals surface area contributed by atoms with Gasteiger partial charge < -0.3 is 15.8 Å². The number of aryl methyl sites for hydroxylation is 1. The molecule has 0 spiro atoms. The van der Waals surface area contributed by atoms with E-state index in [0.29, 0.717) is 42.2 Å². The molecule has 0 aromatic carbocycles. The van der Waals surface area contributed by atoms with Gasteiger partial charge in [0.1, 0.15) is 10.9 Å². The van der Waals surface area contributed by atoms with Crippen molar-refractivity contribution >= 4 is 28.4 Å². The number of carbonyl (C=O) groups excluding carboxylic acids is 1. The smallest absolute Gasteiger partial charge is 0.278 e. The molecule has 3 aromatic heterocycles. The number of anilines is 1. The largest absolute Gasteiger partial charge is 0.375 e. The van der Waals surface area contributed by atoms with Gasteiger partial charge in [0, 0.05) is 24.9 Å². The number of nitrogen functional groups attached to an aromatic ring is 1. The number of fused-ring (bicyclic) bond motifs is 2. The van der Waals surface area contributed by atoms with E-state index in [4.69, 9.17) is 15.5 Å². The van der Waals surface area contributed by atoms with Gasteiger partial charge in [-0.2, -0.15) is 0 Å². The van der Waals surface area contributed by atoms with Crippen LogP contribution < -0.4 is 21.2 Å². The Morgan fingerprint density at radius 1 is 1.50 bits per heavy atom. The molecule has 1 amide bonds. The van der Waals surface area contributed by atoms with Crippen LogP contribution in [0.15, 0.2) is 29.2 Å². The second-order valence-electron chi connectivity index (χ2n) is 7.09. The van der Waals surface area contributed by atoms with Gasteiger partial charge in [-0.15, -0.1) is 0 Å². The van der Waals surface area contributed by atoms with E-state index in [9.17, 15) is 9.59 Å². The van der Waals surface area contributed by atoms with Crippen LogP contribution in [-0.4, -0.2) is 34.5 Å². The van der Waals surface area contributed by atoms with Gasteiger partial charge in [0.15, 0.2) is 0 Å². The quantitative estimate of drug-likeness (QED) is 0.517. The maximum Gasteiger partial charge on any atom is 0.278 e. The Morgan fingerprint density at radius 3 is 3.04 bits per heavy atom. The number of amides is 1. The molecule has 3 aromatic rings. The van der Waals surface area contributed by atoms with Crippen molar-refractivity contribution < 1.29 is 14.1 Å². The minimum Gasteiger partial charge on any atom is -0.375 e. The highest BCUT2D eigenvalue weighted by Crippen LogP contribution is 2.18. The van der Waals surface area contributed by atoms with Crippen LogP contribution in [0, 0.1) is 6.92 Å². The van der Waals surface area contributed by atoms with Gasteiger partial charge in [-0.3, -0.25) is 14.0 Å². The van der Waals surface area contributed by atoms with Crippen LogP contribution in [0.4, 0.5) is 5.82 Å². The summed E-state index contributed by atoms with van der Waals surface area (Å²) in [6, 6.07) is 5.26. The van der Waals surface area contributed by atoms with Crippen LogP contribution in [0.2, 0.25) is 0 Å². The molecule has 0 radical (unpaired) electrons. The predicted molar refractivity (Wildman–Crippen MR) is 105 cm³/mol. The van der Waals surface area contributed by atoms with Gasteiger partial charge >= 0.3 is 0 Å².